The van der Waals surface area contributed by atoms with Crippen LogP contribution in [0.2, 0.25) is 0 Å². The number of benzene rings is 1. The molecule has 0 aliphatic carbocycles. The maximum absolute atomic E-state index is 12.7. The molecule has 0 saturated carbocycles. The summed E-state index contributed by atoms with van der Waals surface area (Å²) < 4.78 is 0. The van der Waals surface area contributed by atoms with E-state index in [9.17, 15) is 4.79 Å². The summed E-state index contributed by atoms with van der Waals surface area (Å²) in [6.07, 6.45) is 6.97. The average molecular weight is 337 g/mol. The molecule has 2 aromatic rings. The van der Waals surface area contributed by atoms with Gasteiger partial charge in [-0.2, -0.15) is 0 Å². The average Bonchev–Trinajstić information content (AvgIpc) is 2.63. The van der Waals surface area contributed by atoms with E-state index >= 15 is 0 Å². The highest BCUT2D eigenvalue weighted by molar-refractivity contribution is 5.94. The summed E-state index contributed by atoms with van der Waals surface area (Å²) in [4.78, 5) is 21.0. The van der Waals surface area contributed by atoms with Gasteiger partial charge in [-0.15, -0.1) is 0 Å². The standard InChI is InChI=1S/C21H27N3O/c1-23(2)16-18-5-7-20(8-6-18)21(25)24-12-9-17(10-13-24)14-19-4-3-11-22-15-19/h3-8,11,15,17H,9-10,12-14,16H2,1-2H3. The fraction of sp³-hybridized carbons (Fsp3) is 0.429. The predicted octanol–water partition coefficient (Wildman–Crippen LogP) is 3.24. The van der Waals surface area contributed by atoms with Gasteiger partial charge in [0, 0.05) is 37.6 Å². The van der Waals surface area contributed by atoms with Gasteiger partial charge in [-0.25, -0.2) is 0 Å². The minimum absolute atomic E-state index is 0.163. The Balaban J connectivity index is 1.52. The Labute approximate surface area is 150 Å². The van der Waals surface area contributed by atoms with Crippen LogP contribution in [0, 0.1) is 5.92 Å². The van der Waals surface area contributed by atoms with Crippen LogP contribution in [0.4, 0.5) is 0 Å². The quantitative estimate of drug-likeness (QED) is 0.840. The maximum Gasteiger partial charge on any atom is 0.253 e. The molecule has 3 rings (SSSR count). The normalized spacial score (nSPS) is 15.6. The molecule has 0 bridgehead atoms. The first-order valence-electron chi connectivity index (χ1n) is 9.03. The van der Waals surface area contributed by atoms with Crippen LogP contribution in [-0.4, -0.2) is 47.9 Å². The van der Waals surface area contributed by atoms with Crippen molar-refractivity contribution >= 4 is 5.91 Å². The molecule has 4 nitrogen and oxygen atoms in total. The molecule has 1 aromatic carbocycles. The molecule has 0 radical (unpaired) electrons. The summed E-state index contributed by atoms with van der Waals surface area (Å²) in [6, 6.07) is 12.2. The van der Waals surface area contributed by atoms with Gasteiger partial charge < -0.3 is 9.80 Å². The molecule has 4 heteroatoms. The van der Waals surface area contributed by atoms with Gasteiger partial charge in [-0.1, -0.05) is 18.2 Å². The van der Waals surface area contributed by atoms with Crippen molar-refractivity contribution in [3.05, 3.63) is 65.5 Å². The van der Waals surface area contributed by atoms with Crippen LogP contribution in [-0.2, 0) is 13.0 Å². The van der Waals surface area contributed by atoms with Gasteiger partial charge in [0.25, 0.3) is 5.91 Å². The Morgan fingerprint density at radius 3 is 2.44 bits per heavy atom. The van der Waals surface area contributed by atoms with Crippen molar-refractivity contribution in [3.8, 4) is 0 Å². The number of pyridine rings is 1. The van der Waals surface area contributed by atoms with E-state index in [0.717, 1.165) is 44.5 Å². The van der Waals surface area contributed by atoms with E-state index in [2.05, 4.69) is 42.2 Å². The van der Waals surface area contributed by atoms with Gasteiger partial charge in [-0.3, -0.25) is 9.78 Å². The molecule has 1 aliphatic heterocycles. The van der Waals surface area contributed by atoms with E-state index in [-0.39, 0.29) is 5.91 Å². The monoisotopic (exact) mass is 337 g/mol. The molecule has 132 valence electrons. The molecule has 0 N–H and O–H groups in total. The van der Waals surface area contributed by atoms with E-state index in [0.29, 0.717) is 5.92 Å². The number of carbonyl (C=O) groups excluding carboxylic acids is 1. The van der Waals surface area contributed by atoms with Crippen LogP contribution in [0.1, 0.15) is 34.3 Å². The molecular weight excluding hydrogens is 310 g/mol. The van der Waals surface area contributed by atoms with Crippen molar-refractivity contribution in [1.82, 2.24) is 14.8 Å². The summed E-state index contributed by atoms with van der Waals surface area (Å²) >= 11 is 0. The summed E-state index contributed by atoms with van der Waals surface area (Å²) in [5.41, 5.74) is 3.33. The zero-order valence-electron chi connectivity index (χ0n) is 15.2. The van der Waals surface area contributed by atoms with E-state index in [1.807, 2.05) is 35.5 Å². The number of amides is 1. The third kappa shape index (κ3) is 4.89. The van der Waals surface area contributed by atoms with Gasteiger partial charge >= 0.3 is 0 Å². The molecular formula is C21H27N3O. The number of rotatable bonds is 5. The summed E-state index contributed by atoms with van der Waals surface area (Å²) in [5, 5.41) is 0. The minimum Gasteiger partial charge on any atom is -0.339 e. The molecule has 1 aliphatic rings. The highest BCUT2D eigenvalue weighted by atomic mass is 16.2. The maximum atomic E-state index is 12.7. The van der Waals surface area contributed by atoms with Gasteiger partial charge in [0.2, 0.25) is 0 Å². The van der Waals surface area contributed by atoms with E-state index in [1.54, 1.807) is 0 Å². The van der Waals surface area contributed by atoms with Crippen LogP contribution < -0.4 is 0 Å². The fourth-order valence-electron chi connectivity index (χ4n) is 3.49. The second kappa shape index (κ2) is 8.26. The molecule has 1 amide bonds. The fourth-order valence-corrected chi connectivity index (χ4v) is 3.49. The third-order valence-corrected chi connectivity index (χ3v) is 4.85. The lowest BCUT2D eigenvalue weighted by atomic mass is 9.90. The number of hydrogen-bond donors (Lipinski definition) is 0. The van der Waals surface area contributed by atoms with E-state index in [1.165, 1.54) is 11.1 Å². The van der Waals surface area contributed by atoms with Gasteiger partial charge in [0.05, 0.1) is 0 Å². The van der Waals surface area contributed by atoms with Crippen molar-refractivity contribution in [3.63, 3.8) is 0 Å². The number of carbonyl (C=O) groups is 1. The zero-order valence-corrected chi connectivity index (χ0v) is 15.2. The van der Waals surface area contributed by atoms with Crippen molar-refractivity contribution in [2.45, 2.75) is 25.8 Å². The first-order chi connectivity index (χ1) is 12.1. The van der Waals surface area contributed by atoms with Crippen LogP contribution >= 0.6 is 0 Å². The van der Waals surface area contributed by atoms with Crippen molar-refractivity contribution in [2.75, 3.05) is 27.2 Å². The van der Waals surface area contributed by atoms with Gasteiger partial charge in [-0.05, 0) is 68.6 Å². The Kier molecular flexibility index (Phi) is 5.82. The Morgan fingerprint density at radius 1 is 1.12 bits per heavy atom. The molecule has 2 heterocycles. The lowest BCUT2D eigenvalue weighted by Gasteiger charge is -2.32. The molecule has 0 atom stereocenters. The minimum atomic E-state index is 0.163. The molecule has 1 aromatic heterocycles. The lowest BCUT2D eigenvalue weighted by molar-refractivity contribution is 0.0690. The Hall–Kier alpha value is -2.20. The number of hydrogen-bond acceptors (Lipinski definition) is 3. The highest BCUT2D eigenvalue weighted by Gasteiger charge is 2.23. The van der Waals surface area contributed by atoms with Crippen molar-refractivity contribution < 1.29 is 4.79 Å². The molecule has 0 unspecified atom stereocenters. The number of aromatic nitrogens is 1. The van der Waals surface area contributed by atoms with Crippen molar-refractivity contribution in [1.29, 1.82) is 0 Å². The Bertz CT molecular complexity index is 674. The summed E-state index contributed by atoms with van der Waals surface area (Å²) in [6.45, 7) is 2.60. The van der Waals surface area contributed by atoms with E-state index < -0.39 is 0 Å². The number of likely N-dealkylation sites (tertiary alicyclic amines) is 1. The molecule has 25 heavy (non-hydrogen) atoms. The topological polar surface area (TPSA) is 36.4 Å². The van der Waals surface area contributed by atoms with Crippen LogP contribution in [0.5, 0.6) is 0 Å². The molecule has 1 saturated heterocycles. The SMILES string of the molecule is CN(C)Cc1ccc(C(=O)N2CCC(Cc3cccnc3)CC2)cc1. The number of piperidine rings is 1. The first-order valence-corrected chi connectivity index (χ1v) is 9.03. The highest BCUT2D eigenvalue weighted by Crippen LogP contribution is 2.22. The second-order valence-electron chi connectivity index (χ2n) is 7.24. The van der Waals surface area contributed by atoms with Crippen LogP contribution in [0.3, 0.4) is 0 Å². The van der Waals surface area contributed by atoms with Gasteiger partial charge in [0.1, 0.15) is 0 Å². The van der Waals surface area contributed by atoms with Crippen molar-refractivity contribution in [2.24, 2.45) is 5.92 Å². The summed E-state index contributed by atoms with van der Waals surface area (Å²) in [7, 11) is 4.10. The Morgan fingerprint density at radius 2 is 1.84 bits per heavy atom. The number of nitrogens with zero attached hydrogens (tertiary/aromatic N) is 3. The largest absolute Gasteiger partial charge is 0.339 e. The lowest BCUT2D eigenvalue weighted by Crippen LogP contribution is -2.38. The first kappa shape index (κ1) is 17.6. The predicted molar refractivity (Wildman–Crippen MR) is 100 cm³/mol. The zero-order chi connectivity index (χ0) is 17.6. The smallest absolute Gasteiger partial charge is 0.253 e. The second-order valence-corrected chi connectivity index (χ2v) is 7.24. The molecule has 0 spiro atoms. The van der Waals surface area contributed by atoms with E-state index in [4.69, 9.17) is 0 Å². The van der Waals surface area contributed by atoms with Crippen LogP contribution in [0.15, 0.2) is 48.8 Å². The van der Waals surface area contributed by atoms with Gasteiger partial charge in [0.15, 0.2) is 0 Å². The molecule has 1 fully saturated rings. The van der Waals surface area contributed by atoms with Crippen LogP contribution in [0.25, 0.3) is 0 Å². The summed E-state index contributed by atoms with van der Waals surface area (Å²) in [5.74, 6) is 0.812. The third-order valence-electron chi connectivity index (χ3n) is 4.85.